The molecule has 2 heterocycles. The fraction of sp³-hybridized carbons (Fsp3) is 0.444. The lowest BCUT2D eigenvalue weighted by Gasteiger charge is -2.30. The van der Waals surface area contributed by atoms with Crippen LogP contribution in [0.15, 0.2) is 16.7 Å². The van der Waals surface area contributed by atoms with Gasteiger partial charge in [0.1, 0.15) is 0 Å². The first kappa shape index (κ1) is 21.0. The molecule has 148 valence electrons. The van der Waals surface area contributed by atoms with Gasteiger partial charge in [0.15, 0.2) is 17.3 Å². The number of methoxy groups -OCH3 is 3. The molecule has 0 spiro atoms. The summed E-state index contributed by atoms with van der Waals surface area (Å²) in [7, 11) is 6.81. The van der Waals surface area contributed by atoms with Crippen molar-refractivity contribution in [3.05, 3.63) is 29.4 Å². The summed E-state index contributed by atoms with van der Waals surface area (Å²) in [6.45, 7) is 2.74. The largest absolute Gasteiger partial charge is 0.493 e. The lowest BCUT2D eigenvalue weighted by Crippen LogP contribution is -2.44. The van der Waals surface area contributed by atoms with Crippen molar-refractivity contribution in [1.29, 1.82) is 0 Å². The van der Waals surface area contributed by atoms with E-state index in [0.29, 0.717) is 29.0 Å². The quantitative estimate of drug-likeness (QED) is 0.796. The lowest BCUT2D eigenvalue weighted by molar-refractivity contribution is 0.190. The Hall–Kier alpha value is -2.29. The molecule has 1 saturated heterocycles. The molecular formula is C18H25ClN4O4. The van der Waals surface area contributed by atoms with E-state index in [4.69, 9.17) is 18.7 Å². The third kappa shape index (κ3) is 4.71. The molecule has 3 rings (SSSR count). The Bertz CT molecular complexity index is 755. The van der Waals surface area contributed by atoms with Crippen LogP contribution in [-0.2, 0) is 0 Å². The second-order valence-corrected chi connectivity index (χ2v) is 5.98. The summed E-state index contributed by atoms with van der Waals surface area (Å²) in [5, 5.41) is 7.45. The van der Waals surface area contributed by atoms with Gasteiger partial charge < -0.3 is 24.1 Å². The minimum Gasteiger partial charge on any atom is -0.493 e. The standard InChI is InChI=1S/C18H24N4O4.ClH/c1-22-8-7-19-11-13(22)18-20-16(26-21-18)6-5-12-9-14(23-2)17(25-4)15(10-12)24-3;/h5-6,9-10,13,19H,7-8,11H2,1-4H3;1H/b6-5+;. The summed E-state index contributed by atoms with van der Waals surface area (Å²) >= 11 is 0. The van der Waals surface area contributed by atoms with Crippen LogP contribution in [0.4, 0.5) is 0 Å². The van der Waals surface area contributed by atoms with Crippen LogP contribution in [0.2, 0.25) is 0 Å². The van der Waals surface area contributed by atoms with Crippen molar-refractivity contribution in [2.75, 3.05) is 48.0 Å². The fourth-order valence-corrected chi connectivity index (χ4v) is 2.91. The van der Waals surface area contributed by atoms with Gasteiger partial charge in [0.05, 0.1) is 27.4 Å². The second-order valence-electron chi connectivity index (χ2n) is 5.98. The van der Waals surface area contributed by atoms with Gasteiger partial charge in [0.2, 0.25) is 5.75 Å². The summed E-state index contributed by atoms with van der Waals surface area (Å²) in [5.74, 6) is 2.87. The van der Waals surface area contributed by atoms with E-state index in [0.717, 1.165) is 25.2 Å². The Labute approximate surface area is 164 Å². The zero-order valence-electron chi connectivity index (χ0n) is 15.9. The Kier molecular flexibility index (Phi) is 7.46. The highest BCUT2D eigenvalue weighted by Crippen LogP contribution is 2.38. The van der Waals surface area contributed by atoms with Crippen LogP contribution in [0.1, 0.15) is 23.3 Å². The van der Waals surface area contributed by atoms with Crippen LogP contribution in [0, 0.1) is 0 Å². The number of nitrogens with zero attached hydrogens (tertiary/aromatic N) is 3. The average Bonchev–Trinajstić information content (AvgIpc) is 3.14. The number of nitrogens with one attached hydrogen (secondary N) is 1. The molecule has 0 radical (unpaired) electrons. The maximum absolute atomic E-state index is 5.36. The summed E-state index contributed by atoms with van der Waals surface area (Å²) in [6.07, 6.45) is 3.64. The zero-order chi connectivity index (χ0) is 18.5. The maximum Gasteiger partial charge on any atom is 0.250 e. The SMILES string of the molecule is COc1cc(/C=C/c2nc(C3CNCCN3C)no2)cc(OC)c1OC.Cl. The van der Waals surface area contributed by atoms with Crippen molar-refractivity contribution in [2.45, 2.75) is 6.04 Å². The summed E-state index contributed by atoms with van der Waals surface area (Å²) in [5.41, 5.74) is 0.871. The first-order chi connectivity index (χ1) is 12.7. The summed E-state index contributed by atoms with van der Waals surface area (Å²) in [6, 6.07) is 3.83. The molecule has 9 heteroatoms. The van der Waals surface area contributed by atoms with E-state index in [9.17, 15) is 0 Å². The molecule has 1 aromatic carbocycles. The normalized spacial score (nSPS) is 17.6. The van der Waals surface area contributed by atoms with Crippen molar-refractivity contribution < 1.29 is 18.7 Å². The van der Waals surface area contributed by atoms with Crippen LogP contribution in [0.5, 0.6) is 17.2 Å². The van der Waals surface area contributed by atoms with Gasteiger partial charge in [0, 0.05) is 25.7 Å². The maximum atomic E-state index is 5.36. The van der Waals surface area contributed by atoms with Gasteiger partial charge in [0.25, 0.3) is 5.89 Å². The highest BCUT2D eigenvalue weighted by atomic mass is 35.5. The van der Waals surface area contributed by atoms with Gasteiger partial charge in [-0.1, -0.05) is 5.16 Å². The van der Waals surface area contributed by atoms with E-state index in [-0.39, 0.29) is 18.4 Å². The van der Waals surface area contributed by atoms with E-state index >= 15 is 0 Å². The Balaban J connectivity index is 0.00000261. The molecule has 1 aliphatic heterocycles. The molecule has 1 unspecified atom stereocenters. The fourth-order valence-electron chi connectivity index (χ4n) is 2.91. The van der Waals surface area contributed by atoms with Crippen molar-refractivity contribution in [1.82, 2.24) is 20.4 Å². The third-order valence-corrected chi connectivity index (χ3v) is 4.37. The lowest BCUT2D eigenvalue weighted by atomic mass is 10.1. The highest BCUT2D eigenvalue weighted by Gasteiger charge is 2.24. The molecule has 2 aromatic rings. The number of benzene rings is 1. The predicted octanol–water partition coefficient (Wildman–Crippen LogP) is 2.26. The van der Waals surface area contributed by atoms with Crippen LogP contribution < -0.4 is 19.5 Å². The first-order valence-corrected chi connectivity index (χ1v) is 8.39. The molecule has 1 fully saturated rings. The third-order valence-electron chi connectivity index (χ3n) is 4.37. The second kappa shape index (κ2) is 9.59. The number of piperazine rings is 1. The molecule has 8 nitrogen and oxygen atoms in total. The predicted molar refractivity (Wildman–Crippen MR) is 105 cm³/mol. The Morgan fingerprint density at radius 3 is 2.44 bits per heavy atom. The number of aromatic nitrogens is 2. The van der Waals surface area contributed by atoms with E-state index in [1.807, 2.05) is 18.2 Å². The smallest absolute Gasteiger partial charge is 0.250 e. The molecule has 0 amide bonds. The molecule has 1 atom stereocenters. The minimum absolute atomic E-state index is 0. The number of rotatable bonds is 6. The molecule has 0 bridgehead atoms. The van der Waals surface area contributed by atoms with Gasteiger partial charge >= 0.3 is 0 Å². The van der Waals surface area contributed by atoms with Crippen LogP contribution in [-0.4, -0.2) is 63.1 Å². The monoisotopic (exact) mass is 396 g/mol. The number of likely N-dealkylation sites (N-methyl/N-ethyl adjacent to an activating group) is 1. The molecule has 0 saturated carbocycles. The van der Waals surface area contributed by atoms with Gasteiger partial charge in [-0.2, -0.15) is 4.98 Å². The molecule has 1 N–H and O–H groups in total. The van der Waals surface area contributed by atoms with Gasteiger partial charge in [-0.15, -0.1) is 12.4 Å². The Morgan fingerprint density at radius 1 is 1.15 bits per heavy atom. The van der Waals surface area contributed by atoms with Crippen molar-refractivity contribution in [3.8, 4) is 17.2 Å². The molecular weight excluding hydrogens is 372 g/mol. The Morgan fingerprint density at radius 2 is 1.85 bits per heavy atom. The number of ether oxygens (including phenoxy) is 3. The molecule has 27 heavy (non-hydrogen) atoms. The number of hydrogen-bond donors (Lipinski definition) is 1. The van der Waals surface area contributed by atoms with Crippen molar-refractivity contribution in [3.63, 3.8) is 0 Å². The highest BCUT2D eigenvalue weighted by molar-refractivity contribution is 5.85. The summed E-state index contributed by atoms with van der Waals surface area (Å²) < 4.78 is 21.4. The average molecular weight is 397 g/mol. The zero-order valence-corrected chi connectivity index (χ0v) is 16.7. The van der Waals surface area contributed by atoms with Gasteiger partial charge in [-0.3, -0.25) is 4.90 Å². The molecule has 0 aliphatic carbocycles. The van der Waals surface area contributed by atoms with E-state index in [2.05, 4.69) is 27.4 Å². The molecule has 1 aromatic heterocycles. The van der Waals surface area contributed by atoms with E-state index in [1.54, 1.807) is 27.4 Å². The van der Waals surface area contributed by atoms with E-state index in [1.165, 1.54) is 0 Å². The van der Waals surface area contributed by atoms with Crippen LogP contribution in [0.25, 0.3) is 12.2 Å². The minimum atomic E-state index is 0. The van der Waals surface area contributed by atoms with Crippen LogP contribution in [0.3, 0.4) is 0 Å². The van der Waals surface area contributed by atoms with Gasteiger partial charge in [-0.05, 0) is 30.8 Å². The first-order valence-electron chi connectivity index (χ1n) is 8.39. The number of halogens is 1. The van der Waals surface area contributed by atoms with Crippen molar-refractivity contribution >= 4 is 24.6 Å². The number of hydrogen-bond acceptors (Lipinski definition) is 8. The van der Waals surface area contributed by atoms with E-state index < -0.39 is 0 Å². The molecule has 1 aliphatic rings. The van der Waals surface area contributed by atoms with Crippen molar-refractivity contribution in [2.24, 2.45) is 0 Å². The van der Waals surface area contributed by atoms with Gasteiger partial charge in [-0.25, -0.2) is 0 Å². The van der Waals surface area contributed by atoms with Crippen LogP contribution >= 0.6 is 12.4 Å². The summed E-state index contributed by atoms with van der Waals surface area (Å²) in [4.78, 5) is 6.70. The topological polar surface area (TPSA) is 81.9 Å².